The number of hydrogen-bond acceptors (Lipinski definition) is 4. The molecule has 1 saturated heterocycles. The highest BCUT2D eigenvalue weighted by Crippen LogP contribution is 2.30. The largest absolute Gasteiger partial charge is 0.377 e. The fourth-order valence-corrected chi connectivity index (χ4v) is 5.46. The minimum atomic E-state index is -3.58. The third-order valence-corrected chi connectivity index (χ3v) is 7.38. The molecule has 1 aromatic carbocycles. The van der Waals surface area contributed by atoms with Crippen LogP contribution in [0.4, 0.5) is 10.5 Å². The van der Waals surface area contributed by atoms with Crippen LogP contribution in [0.15, 0.2) is 23.1 Å². The number of benzene rings is 1. The van der Waals surface area contributed by atoms with Crippen molar-refractivity contribution in [3.63, 3.8) is 0 Å². The van der Waals surface area contributed by atoms with Crippen molar-refractivity contribution < 1.29 is 17.9 Å². The molecule has 8 heteroatoms. The van der Waals surface area contributed by atoms with E-state index in [0.29, 0.717) is 26.1 Å². The zero-order valence-electron chi connectivity index (χ0n) is 16.2. The number of ether oxygens (including phenoxy) is 1. The second-order valence-corrected chi connectivity index (χ2v) is 9.73. The van der Waals surface area contributed by atoms with Crippen molar-refractivity contribution in [2.24, 2.45) is 0 Å². The molecule has 28 heavy (non-hydrogen) atoms. The second-order valence-electron chi connectivity index (χ2n) is 7.96. The van der Waals surface area contributed by atoms with Crippen molar-refractivity contribution in [1.82, 2.24) is 10.0 Å². The Labute approximate surface area is 166 Å². The molecule has 2 aliphatic heterocycles. The number of carbonyl (C=O) groups excluding carboxylic acids is 1. The van der Waals surface area contributed by atoms with E-state index in [0.717, 1.165) is 36.9 Å². The summed E-state index contributed by atoms with van der Waals surface area (Å²) in [5, 5.41) is 3.14. The van der Waals surface area contributed by atoms with Gasteiger partial charge in [0.15, 0.2) is 0 Å². The Morgan fingerprint density at radius 3 is 2.71 bits per heavy atom. The van der Waals surface area contributed by atoms with Crippen molar-refractivity contribution in [3.05, 3.63) is 23.8 Å². The molecule has 4 rings (SSSR count). The van der Waals surface area contributed by atoms with Gasteiger partial charge in [-0.15, -0.1) is 0 Å². The summed E-state index contributed by atoms with van der Waals surface area (Å²) in [6, 6.07) is 5.22. The SMILES string of the molecule is O=C(NC1CCCCC1)N1CCc2cc(S(=O)(=O)NCC3CCCO3)ccc21. The number of sulfonamides is 1. The Kier molecular flexibility index (Phi) is 5.89. The first-order valence-electron chi connectivity index (χ1n) is 10.4. The van der Waals surface area contributed by atoms with E-state index in [4.69, 9.17) is 4.74 Å². The monoisotopic (exact) mass is 407 g/mol. The number of nitrogens with zero attached hydrogens (tertiary/aromatic N) is 1. The van der Waals surface area contributed by atoms with Gasteiger partial charge in [0, 0.05) is 31.4 Å². The van der Waals surface area contributed by atoms with E-state index in [9.17, 15) is 13.2 Å². The van der Waals surface area contributed by atoms with E-state index in [1.54, 1.807) is 23.1 Å². The number of carbonyl (C=O) groups is 1. The molecule has 154 valence electrons. The van der Waals surface area contributed by atoms with Gasteiger partial charge in [-0.25, -0.2) is 17.9 Å². The highest BCUT2D eigenvalue weighted by Gasteiger charge is 2.28. The second kappa shape index (κ2) is 8.39. The fourth-order valence-electron chi connectivity index (χ4n) is 4.35. The maximum absolute atomic E-state index is 12.7. The van der Waals surface area contributed by atoms with Gasteiger partial charge in [-0.1, -0.05) is 19.3 Å². The zero-order chi connectivity index (χ0) is 19.6. The molecule has 7 nitrogen and oxygen atoms in total. The lowest BCUT2D eigenvalue weighted by Gasteiger charge is -2.26. The first-order valence-corrected chi connectivity index (χ1v) is 11.8. The molecule has 0 radical (unpaired) electrons. The predicted octanol–water partition coefficient (Wildman–Crippen LogP) is 2.55. The van der Waals surface area contributed by atoms with Crippen molar-refractivity contribution in [3.8, 4) is 0 Å². The normalized spacial score (nSPS) is 23.0. The van der Waals surface area contributed by atoms with Crippen molar-refractivity contribution >= 4 is 21.7 Å². The highest BCUT2D eigenvalue weighted by molar-refractivity contribution is 7.89. The molecule has 2 fully saturated rings. The summed E-state index contributed by atoms with van der Waals surface area (Å²) in [4.78, 5) is 14.7. The fraction of sp³-hybridized carbons (Fsp3) is 0.650. The maximum atomic E-state index is 12.7. The first-order chi connectivity index (χ1) is 13.5. The Morgan fingerprint density at radius 1 is 1.14 bits per heavy atom. The van der Waals surface area contributed by atoms with E-state index < -0.39 is 10.0 Å². The molecule has 0 spiro atoms. The molecule has 1 unspecified atom stereocenters. The number of fused-ring (bicyclic) bond motifs is 1. The predicted molar refractivity (Wildman–Crippen MR) is 107 cm³/mol. The molecule has 0 aromatic heterocycles. The zero-order valence-corrected chi connectivity index (χ0v) is 17.0. The van der Waals surface area contributed by atoms with Crippen molar-refractivity contribution in [1.29, 1.82) is 0 Å². The highest BCUT2D eigenvalue weighted by atomic mass is 32.2. The number of hydrogen-bond donors (Lipinski definition) is 2. The standard InChI is InChI=1S/C20H29N3O4S/c24-20(22-16-5-2-1-3-6-16)23-11-10-15-13-18(8-9-19(15)23)28(25,26)21-14-17-7-4-12-27-17/h8-9,13,16-17,21H,1-7,10-12,14H2,(H,22,24). The van der Waals surface area contributed by atoms with Gasteiger partial charge in [0.05, 0.1) is 11.0 Å². The van der Waals surface area contributed by atoms with Gasteiger partial charge in [0.2, 0.25) is 10.0 Å². The summed E-state index contributed by atoms with van der Waals surface area (Å²) < 4.78 is 33.3. The van der Waals surface area contributed by atoms with Crippen LogP contribution in [0.1, 0.15) is 50.5 Å². The Bertz CT molecular complexity index is 815. The van der Waals surface area contributed by atoms with Crippen LogP contribution in [0.5, 0.6) is 0 Å². The minimum Gasteiger partial charge on any atom is -0.377 e. The lowest BCUT2D eigenvalue weighted by molar-refractivity contribution is 0.114. The third-order valence-electron chi connectivity index (χ3n) is 5.96. The van der Waals surface area contributed by atoms with E-state index in [1.165, 1.54) is 19.3 Å². The van der Waals surface area contributed by atoms with Gasteiger partial charge in [-0.05, 0) is 55.9 Å². The lowest BCUT2D eigenvalue weighted by atomic mass is 9.96. The Morgan fingerprint density at radius 2 is 1.96 bits per heavy atom. The maximum Gasteiger partial charge on any atom is 0.322 e. The van der Waals surface area contributed by atoms with Gasteiger partial charge in [-0.2, -0.15) is 0 Å². The molecule has 1 aliphatic carbocycles. The van der Waals surface area contributed by atoms with Crippen LogP contribution in [0.25, 0.3) is 0 Å². The summed E-state index contributed by atoms with van der Waals surface area (Å²) in [5.74, 6) is 0. The molecule has 2 amide bonds. The van der Waals surface area contributed by atoms with Crippen molar-refractivity contribution in [2.75, 3.05) is 24.6 Å². The number of rotatable bonds is 5. The molecule has 1 atom stereocenters. The van der Waals surface area contributed by atoms with E-state index >= 15 is 0 Å². The molecule has 3 aliphatic rings. The molecule has 1 saturated carbocycles. The van der Waals surface area contributed by atoms with Crippen LogP contribution in [-0.2, 0) is 21.2 Å². The van der Waals surface area contributed by atoms with Crippen LogP contribution < -0.4 is 14.9 Å². The molecular weight excluding hydrogens is 378 g/mol. The van der Waals surface area contributed by atoms with Gasteiger partial charge < -0.3 is 10.1 Å². The van der Waals surface area contributed by atoms with E-state index in [1.807, 2.05) is 0 Å². The summed E-state index contributed by atoms with van der Waals surface area (Å²) in [6.07, 6.45) is 8.16. The Hall–Kier alpha value is -1.64. The van der Waals surface area contributed by atoms with Crippen molar-refractivity contribution in [2.45, 2.75) is 68.4 Å². The molecule has 0 bridgehead atoms. The topological polar surface area (TPSA) is 87.7 Å². The number of anilines is 1. The minimum absolute atomic E-state index is 0.0387. The third kappa shape index (κ3) is 4.34. The number of amides is 2. The molecule has 2 N–H and O–H groups in total. The summed E-state index contributed by atoms with van der Waals surface area (Å²) >= 11 is 0. The lowest BCUT2D eigenvalue weighted by Crippen LogP contribution is -2.45. The first kappa shape index (κ1) is 19.7. The van der Waals surface area contributed by atoms with Crippen LogP contribution in [-0.4, -0.2) is 46.3 Å². The van der Waals surface area contributed by atoms with Gasteiger partial charge in [0.25, 0.3) is 0 Å². The summed E-state index contributed by atoms with van der Waals surface area (Å²) in [7, 11) is -3.58. The molecule has 2 heterocycles. The van der Waals surface area contributed by atoms with Gasteiger partial charge in [-0.3, -0.25) is 4.90 Å². The van der Waals surface area contributed by atoms with Gasteiger partial charge in [0.1, 0.15) is 0 Å². The quantitative estimate of drug-likeness (QED) is 0.785. The smallest absolute Gasteiger partial charge is 0.322 e. The number of nitrogens with one attached hydrogen (secondary N) is 2. The molecule has 1 aromatic rings. The van der Waals surface area contributed by atoms with Crippen LogP contribution >= 0.6 is 0 Å². The average Bonchev–Trinajstić information content (AvgIpc) is 3.36. The van der Waals surface area contributed by atoms with E-state index in [2.05, 4.69) is 10.0 Å². The van der Waals surface area contributed by atoms with Crippen LogP contribution in [0, 0.1) is 0 Å². The van der Waals surface area contributed by atoms with E-state index in [-0.39, 0.29) is 23.1 Å². The van der Waals surface area contributed by atoms with Gasteiger partial charge >= 0.3 is 6.03 Å². The number of urea groups is 1. The Balaban J connectivity index is 1.41. The molecular formula is C20H29N3O4S. The summed E-state index contributed by atoms with van der Waals surface area (Å²) in [6.45, 7) is 1.58. The van der Waals surface area contributed by atoms with Crippen LogP contribution in [0.3, 0.4) is 0 Å². The van der Waals surface area contributed by atoms with Crippen LogP contribution in [0.2, 0.25) is 0 Å². The summed E-state index contributed by atoms with van der Waals surface area (Å²) in [5.41, 5.74) is 1.71. The average molecular weight is 408 g/mol.